The summed E-state index contributed by atoms with van der Waals surface area (Å²) in [6.07, 6.45) is 4.21. The Labute approximate surface area is 171 Å². The van der Waals surface area contributed by atoms with Crippen LogP contribution in [0.15, 0.2) is 36.5 Å². The van der Waals surface area contributed by atoms with Crippen LogP contribution in [0.5, 0.6) is 5.75 Å². The Balaban J connectivity index is 1.54. The minimum atomic E-state index is -0.526. The third-order valence-corrected chi connectivity index (χ3v) is 5.43. The second-order valence-electron chi connectivity index (χ2n) is 9.01. The molecule has 0 bridgehead atoms. The summed E-state index contributed by atoms with van der Waals surface area (Å²) < 4.78 is 5.45. The molecule has 152 valence electrons. The molecule has 2 aromatic heterocycles. The third kappa shape index (κ3) is 4.32. The molecule has 1 aromatic carbocycles. The first-order valence-electron chi connectivity index (χ1n) is 10.3. The summed E-state index contributed by atoms with van der Waals surface area (Å²) in [6.45, 7) is 8.79. The number of nitrogens with one attached hydrogen (secondary N) is 3. The van der Waals surface area contributed by atoms with Crippen LogP contribution in [0.3, 0.4) is 0 Å². The molecule has 3 heterocycles. The van der Waals surface area contributed by atoms with Gasteiger partial charge in [0.25, 0.3) is 5.82 Å². The topological polar surface area (TPSA) is 81.2 Å². The fraction of sp³-hybridized carbons (Fsp3) is 0.435. The Morgan fingerprint density at radius 3 is 2.69 bits per heavy atom. The highest BCUT2D eigenvalue weighted by molar-refractivity contribution is 5.82. The van der Waals surface area contributed by atoms with Gasteiger partial charge in [0.2, 0.25) is 5.52 Å². The molecule has 0 radical (unpaired) electrons. The fourth-order valence-corrected chi connectivity index (χ4v) is 3.68. The van der Waals surface area contributed by atoms with E-state index in [2.05, 4.69) is 28.3 Å². The maximum absolute atomic E-state index is 12.0. The van der Waals surface area contributed by atoms with Crippen molar-refractivity contribution in [1.82, 2.24) is 15.3 Å². The number of carbonyl (C=O) groups excluding carboxylic acids is 1. The molecule has 1 saturated heterocycles. The molecule has 0 aliphatic carbocycles. The molecule has 4 rings (SSSR count). The van der Waals surface area contributed by atoms with Gasteiger partial charge in [0.1, 0.15) is 17.5 Å². The van der Waals surface area contributed by atoms with E-state index < -0.39 is 5.41 Å². The minimum absolute atomic E-state index is 0.240. The Bertz CT molecular complexity index is 1020. The Kier molecular flexibility index (Phi) is 5.13. The van der Waals surface area contributed by atoms with E-state index in [0.29, 0.717) is 17.7 Å². The monoisotopic (exact) mass is 393 g/mol. The van der Waals surface area contributed by atoms with Crippen molar-refractivity contribution in [1.29, 1.82) is 0 Å². The second kappa shape index (κ2) is 7.59. The zero-order valence-electron chi connectivity index (χ0n) is 17.5. The van der Waals surface area contributed by atoms with Gasteiger partial charge >= 0.3 is 5.97 Å². The lowest BCUT2D eigenvalue weighted by Crippen LogP contribution is -2.36. The van der Waals surface area contributed by atoms with Crippen LogP contribution in [-0.2, 0) is 4.79 Å². The molecule has 0 amide bonds. The summed E-state index contributed by atoms with van der Waals surface area (Å²) in [7, 11) is 0. The molecule has 2 atom stereocenters. The van der Waals surface area contributed by atoms with Gasteiger partial charge in [-0.3, -0.25) is 4.79 Å². The molecule has 6 heteroatoms. The first kappa shape index (κ1) is 19.6. The standard InChI is InChI=1S/C23H28N4O2/c1-14-11-16(9-10-24-14)21-25-13-20-19(27-21)12-18(26-20)15-5-7-17(8-6-15)29-22(28)23(2,3)4/h5-8,12-14,16,24,26H,9-11H2,1-4H3/p+1. The van der Waals surface area contributed by atoms with E-state index in [1.165, 1.54) is 0 Å². The Morgan fingerprint density at radius 1 is 1.24 bits per heavy atom. The lowest BCUT2D eigenvalue weighted by atomic mass is 9.92. The largest absolute Gasteiger partial charge is 0.426 e. The maximum Gasteiger partial charge on any atom is 0.316 e. The lowest BCUT2D eigenvalue weighted by Gasteiger charge is -2.24. The van der Waals surface area contributed by atoms with Gasteiger partial charge in [-0.2, -0.15) is 0 Å². The average molecular weight is 394 g/mol. The minimum Gasteiger partial charge on any atom is -0.426 e. The number of hydrogen-bond acceptors (Lipinski definition) is 4. The number of aromatic amines is 2. The molecule has 29 heavy (non-hydrogen) atoms. The SMILES string of the molecule is CC1CC(c2nc3cc(-c4ccc(OC(=O)C(C)(C)C)cc4)[nH]c3c[nH+]2)CCN1. The zero-order chi connectivity index (χ0) is 20.6. The van der Waals surface area contributed by atoms with Crippen LogP contribution in [-0.4, -0.2) is 28.5 Å². The molecule has 0 spiro atoms. The van der Waals surface area contributed by atoms with Gasteiger partial charge in [-0.25, -0.2) is 4.98 Å². The number of nitrogens with zero attached hydrogens (tertiary/aromatic N) is 1. The van der Waals surface area contributed by atoms with Crippen molar-refractivity contribution in [3.05, 3.63) is 42.4 Å². The highest BCUT2D eigenvalue weighted by Crippen LogP contribution is 2.28. The van der Waals surface area contributed by atoms with Crippen LogP contribution < -0.4 is 15.0 Å². The summed E-state index contributed by atoms with van der Waals surface area (Å²) in [4.78, 5) is 23.7. The van der Waals surface area contributed by atoms with Crippen molar-refractivity contribution >= 4 is 17.0 Å². The maximum atomic E-state index is 12.0. The predicted molar refractivity (Wildman–Crippen MR) is 113 cm³/mol. The zero-order valence-corrected chi connectivity index (χ0v) is 17.5. The first-order valence-corrected chi connectivity index (χ1v) is 10.3. The van der Waals surface area contributed by atoms with Crippen molar-refractivity contribution in [2.75, 3.05) is 6.54 Å². The van der Waals surface area contributed by atoms with Gasteiger partial charge in [0.05, 0.1) is 17.0 Å². The molecule has 3 N–H and O–H groups in total. The van der Waals surface area contributed by atoms with Crippen LogP contribution in [0.1, 0.15) is 52.3 Å². The predicted octanol–water partition coefficient (Wildman–Crippen LogP) is 3.85. The molecule has 2 unspecified atom stereocenters. The fourth-order valence-electron chi connectivity index (χ4n) is 3.68. The molecule has 0 saturated carbocycles. The Morgan fingerprint density at radius 2 is 2.00 bits per heavy atom. The van der Waals surface area contributed by atoms with E-state index in [0.717, 1.165) is 47.5 Å². The summed E-state index contributed by atoms with van der Waals surface area (Å²) >= 11 is 0. The lowest BCUT2D eigenvalue weighted by molar-refractivity contribution is -0.397. The van der Waals surface area contributed by atoms with Crippen molar-refractivity contribution < 1.29 is 14.5 Å². The molecule has 1 fully saturated rings. The van der Waals surface area contributed by atoms with Gasteiger partial charge in [-0.15, -0.1) is 0 Å². The summed E-state index contributed by atoms with van der Waals surface area (Å²) in [5.74, 6) is 1.83. The normalized spacial score (nSPS) is 20.0. The number of esters is 1. The molecular weight excluding hydrogens is 364 g/mol. The van der Waals surface area contributed by atoms with E-state index in [-0.39, 0.29) is 5.97 Å². The third-order valence-electron chi connectivity index (χ3n) is 5.43. The van der Waals surface area contributed by atoms with Crippen molar-refractivity contribution in [3.8, 4) is 17.0 Å². The number of rotatable bonds is 3. The van der Waals surface area contributed by atoms with Gasteiger partial charge in [0.15, 0.2) is 0 Å². The van der Waals surface area contributed by atoms with Crippen LogP contribution >= 0.6 is 0 Å². The van der Waals surface area contributed by atoms with Crippen molar-refractivity contribution in [2.24, 2.45) is 5.41 Å². The number of benzene rings is 1. The van der Waals surface area contributed by atoms with E-state index in [1.807, 2.05) is 51.2 Å². The molecule has 1 aliphatic heterocycles. The smallest absolute Gasteiger partial charge is 0.316 e. The molecular formula is C23H29N4O2+. The van der Waals surface area contributed by atoms with Crippen LogP contribution in [0.4, 0.5) is 0 Å². The summed E-state index contributed by atoms with van der Waals surface area (Å²) in [5.41, 5.74) is 3.43. The number of aromatic nitrogens is 3. The van der Waals surface area contributed by atoms with Gasteiger partial charge in [0, 0.05) is 12.1 Å². The number of ether oxygens (including phenoxy) is 1. The highest BCUT2D eigenvalue weighted by atomic mass is 16.5. The van der Waals surface area contributed by atoms with Crippen molar-refractivity contribution in [3.63, 3.8) is 0 Å². The number of hydrogen-bond donors (Lipinski definition) is 2. The van der Waals surface area contributed by atoms with Gasteiger partial charge in [-0.05, 0) is 81.9 Å². The molecule has 6 nitrogen and oxygen atoms in total. The molecule has 1 aliphatic rings. The quantitative estimate of drug-likeness (QED) is 0.523. The molecule has 3 aromatic rings. The van der Waals surface area contributed by atoms with Gasteiger partial charge in [-0.1, -0.05) is 0 Å². The summed E-state index contributed by atoms with van der Waals surface area (Å²) in [5, 5.41) is 3.49. The number of carbonyl (C=O) groups is 1. The van der Waals surface area contributed by atoms with Crippen LogP contribution in [0.2, 0.25) is 0 Å². The van der Waals surface area contributed by atoms with Crippen molar-refractivity contribution in [2.45, 2.75) is 52.5 Å². The van der Waals surface area contributed by atoms with E-state index in [4.69, 9.17) is 9.72 Å². The van der Waals surface area contributed by atoms with E-state index >= 15 is 0 Å². The first-order chi connectivity index (χ1) is 13.8. The van der Waals surface area contributed by atoms with E-state index in [1.54, 1.807) is 0 Å². The Hall–Kier alpha value is -2.73. The number of H-pyrrole nitrogens is 2. The van der Waals surface area contributed by atoms with Gasteiger partial charge < -0.3 is 15.0 Å². The number of piperidine rings is 1. The second-order valence-corrected chi connectivity index (χ2v) is 9.01. The van der Waals surface area contributed by atoms with Crippen LogP contribution in [0.25, 0.3) is 22.3 Å². The highest BCUT2D eigenvalue weighted by Gasteiger charge is 2.27. The van der Waals surface area contributed by atoms with Crippen LogP contribution in [0, 0.1) is 5.41 Å². The number of fused-ring (bicyclic) bond motifs is 1. The summed E-state index contributed by atoms with van der Waals surface area (Å²) in [6, 6.07) is 10.2. The van der Waals surface area contributed by atoms with E-state index in [9.17, 15) is 4.79 Å². The average Bonchev–Trinajstić information content (AvgIpc) is 3.11.